The van der Waals surface area contributed by atoms with Crippen LogP contribution in [0.4, 0.5) is 0 Å². The van der Waals surface area contributed by atoms with Gasteiger partial charge in [-0.05, 0) is 23.2 Å². The number of carbonyl (C=O) groups is 2. The number of allylic oxidation sites excluding steroid dienone is 2. The van der Waals surface area contributed by atoms with Crippen LogP contribution in [0, 0.1) is 0 Å². The monoisotopic (exact) mass is 152 g/mol. The third-order valence-electron chi connectivity index (χ3n) is 0.345. The summed E-state index contributed by atoms with van der Waals surface area (Å²) in [7, 11) is 0. The van der Waals surface area contributed by atoms with Gasteiger partial charge in [0.25, 0.3) is 0 Å². The highest BCUT2D eigenvalue weighted by Crippen LogP contribution is 1.85. The molecular formula is C4H2Cl2O2. The van der Waals surface area contributed by atoms with Crippen molar-refractivity contribution in [2.24, 2.45) is 0 Å². The zero-order valence-electron chi connectivity index (χ0n) is 3.73. The van der Waals surface area contributed by atoms with Gasteiger partial charge in [-0.1, -0.05) is 0 Å². The molecule has 44 valence electrons. The molecule has 0 aromatic heterocycles. The maximum absolute atomic E-state index is 9.82. The van der Waals surface area contributed by atoms with E-state index in [1.54, 1.807) is 0 Å². The summed E-state index contributed by atoms with van der Waals surface area (Å²) in [5.74, 6) is 0. The van der Waals surface area contributed by atoms with Gasteiger partial charge >= 0.3 is 0 Å². The summed E-state index contributed by atoms with van der Waals surface area (Å²) < 4.78 is 0. The van der Waals surface area contributed by atoms with Gasteiger partial charge in [0.15, 0.2) is 0 Å². The highest BCUT2D eigenvalue weighted by atomic mass is 35.5. The largest absolute Gasteiger partial charge is 0.276 e. The average molecular weight is 153 g/mol. The van der Waals surface area contributed by atoms with E-state index in [-0.39, 0.29) is 0 Å². The van der Waals surface area contributed by atoms with E-state index in [0.717, 1.165) is 12.2 Å². The lowest BCUT2D eigenvalue weighted by Gasteiger charge is -1.70. The fraction of sp³-hybridized carbons (Fsp3) is 0. The van der Waals surface area contributed by atoms with Crippen LogP contribution in [0.5, 0.6) is 0 Å². The van der Waals surface area contributed by atoms with Crippen molar-refractivity contribution in [1.82, 2.24) is 0 Å². The number of hydrogen-bond donors (Lipinski definition) is 0. The van der Waals surface area contributed by atoms with Crippen LogP contribution in [0.25, 0.3) is 0 Å². The Labute approximate surface area is 56.1 Å². The zero-order chi connectivity index (χ0) is 6.57. The Morgan fingerprint density at radius 2 is 1.25 bits per heavy atom. The van der Waals surface area contributed by atoms with Crippen LogP contribution in [-0.4, -0.2) is 10.5 Å². The van der Waals surface area contributed by atoms with Gasteiger partial charge in [-0.3, -0.25) is 9.59 Å². The van der Waals surface area contributed by atoms with Crippen molar-refractivity contribution < 1.29 is 9.59 Å². The Hall–Kier alpha value is -0.340. The summed E-state index contributed by atoms with van der Waals surface area (Å²) in [6, 6.07) is 0. The lowest BCUT2D eigenvalue weighted by Crippen LogP contribution is -1.79. The highest BCUT2D eigenvalue weighted by molar-refractivity contribution is 6.69. The van der Waals surface area contributed by atoms with Gasteiger partial charge in [0, 0.05) is 12.2 Å². The maximum Gasteiger partial charge on any atom is 0.245 e. The van der Waals surface area contributed by atoms with Crippen molar-refractivity contribution >= 4 is 33.7 Å². The quantitative estimate of drug-likeness (QED) is 0.439. The van der Waals surface area contributed by atoms with Crippen LogP contribution >= 0.6 is 23.2 Å². The Kier molecular flexibility index (Phi) is 3.48. The third kappa shape index (κ3) is 5.66. The van der Waals surface area contributed by atoms with Gasteiger partial charge in [0.05, 0.1) is 0 Å². The fourth-order valence-electron chi connectivity index (χ4n) is 0.131. The molecule has 0 aromatic carbocycles. The molecular weight excluding hydrogens is 151 g/mol. The molecule has 8 heavy (non-hydrogen) atoms. The molecule has 0 fully saturated rings. The van der Waals surface area contributed by atoms with E-state index in [1.165, 1.54) is 0 Å². The standard InChI is InChI=1S/C4H2Cl2O2/c5-3(7)1-2-4(6)8/h1-2H/b2-1+. The Balaban J connectivity index is 3.67. The Morgan fingerprint density at radius 1 is 1.00 bits per heavy atom. The van der Waals surface area contributed by atoms with Crippen LogP contribution in [0.2, 0.25) is 0 Å². The number of hydrogen-bond acceptors (Lipinski definition) is 2. The second-order valence-electron chi connectivity index (χ2n) is 0.942. The molecule has 0 rings (SSSR count). The van der Waals surface area contributed by atoms with E-state index >= 15 is 0 Å². The zero-order valence-corrected chi connectivity index (χ0v) is 5.24. The van der Waals surface area contributed by atoms with Gasteiger partial charge in [0.2, 0.25) is 10.5 Å². The topological polar surface area (TPSA) is 34.1 Å². The molecule has 0 saturated heterocycles. The summed E-state index contributed by atoms with van der Waals surface area (Å²) >= 11 is 9.57. The van der Waals surface area contributed by atoms with Crippen molar-refractivity contribution in [2.45, 2.75) is 0 Å². The maximum atomic E-state index is 9.82. The predicted molar refractivity (Wildman–Crippen MR) is 30.9 cm³/mol. The molecule has 0 N–H and O–H groups in total. The predicted octanol–water partition coefficient (Wildman–Crippen LogP) is 1.07. The summed E-state index contributed by atoms with van der Waals surface area (Å²) in [6.45, 7) is 0. The van der Waals surface area contributed by atoms with Gasteiger partial charge in [-0.2, -0.15) is 0 Å². The highest BCUT2D eigenvalue weighted by Gasteiger charge is 1.87. The van der Waals surface area contributed by atoms with E-state index in [9.17, 15) is 9.59 Å². The van der Waals surface area contributed by atoms with Gasteiger partial charge in [-0.25, -0.2) is 0 Å². The molecule has 0 aromatic rings. The molecule has 0 bridgehead atoms. The van der Waals surface area contributed by atoms with E-state index in [1.807, 2.05) is 0 Å². The molecule has 0 aliphatic heterocycles. The van der Waals surface area contributed by atoms with Crippen LogP contribution in [0.15, 0.2) is 12.2 Å². The van der Waals surface area contributed by atoms with Crippen molar-refractivity contribution in [3.8, 4) is 0 Å². The second kappa shape index (κ2) is 3.64. The first-order valence-electron chi connectivity index (χ1n) is 1.70. The summed E-state index contributed by atoms with van der Waals surface area (Å²) in [4.78, 5) is 19.6. The summed E-state index contributed by atoms with van der Waals surface area (Å²) in [5, 5.41) is -1.42. The summed E-state index contributed by atoms with van der Waals surface area (Å²) in [5.41, 5.74) is 0. The summed E-state index contributed by atoms with van der Waals surface area (Å²) in [6.07, 6.45) is 1.77. The molecule has 0 aliphatic rings. The Bertz CT molecular complexity index is 123. The van der Waals surface area contributed by atoms with Gasteiger partial charge in [-0.15, -0.1) is 0 Å². The van der Waals surface area contributed by atoms with E-state index in [0.29, 0.717) is 0 Å². The first-order chi connectivity index (χ1) is 3.63. The molecule has 0 spiro atoms. The van der Waals surface area contributed by atoms with Crippen molar-refractivity contribution in [1.29, 1.82) is 0 Å². The first-order valence-corrected chi connectivity index (χ1v) is 2.45. The molecule has 0 atom stereocenters. The second-order valence-corrected chi connectivity index (χ2v) is 1.69. The SMILES string of the molecule is O=C(Cl)/C=C/C(=O)Cl. The Morgan fingerprint density at radius 3 is 1.38 bits per heavy atom. The van der Waals surface area contributed by atoms with Crippen LogP contribution < -0.4 is 0 Å². The molecule has 0 amide bonds. The number of carbonyl (C=O) groups excluding carboxylic acids is 2. The number of halogens is 2. The lowest BCUT2D eigenvalue weighted by atomic mass is 10.6. The average Bonchev–Trinajstić information content (AvgIpc) is 1.61. The van der Waals surface area contributed by atoms with Crippen LogP contribution in [0.3, 0.4) is 0 Å². The van der Waals surface area contributed by atoms with Gasteiger partial charge in [0.1, 0.15) is 0 Å². The third-order valence-corrected chi connectivity index (χ3v) is 0.597. The van der Waals surface area contributed by atoms with Gasteiger partial charge < -0.3 is 0 Å². The number of rotatable bonds is 2. The molecule has 0 unspecified atom stereocenters. The molecule has 0 saturated carbocycles. The van der Waals surface area contributed by atoms with E-state index < -0.39 is 10.5 Å². The lowest BCUT2D eigenvalue weighted by molar-refractivity contribution is -0.109. The first kappa shape index (κ1) is 7.66. The van der Waals surface area contributed by atoms with Crippen molar-refractivity contribution in [2.75, 3.05) is 0 Å². The molecule has 2 nitrogen and oxygen atoms in total. The molecule has 4 heteroatoms. The minimum absolute atomic E-state index is 0.709. The smallest absolute Gasteiger partial charge is 0.245 e. The van der Waals surface area contributed by atoms with Crippen molar-refractivity contribution in [3.05, 3.63) is 12.2 Å². The fourth-order valence-corrected chi connectivity index (χ4v) is 0.257. The normalized spacial score (nSPS) is 9.75. The molecule has 0 radical (unpaired) electrons. The van der Waals surface area contributed by atoms with Crippen LogP contribution in [0.1, 0.15) is 0 Å². The van der Waals surface area contributed by atoms with E-state index in [4.69, 9.17) is 23.2 Å². The van der Waals surface area contributed by atoms with Crippen molar-refractivity contribution in [3.63, 3.8) is 0 Å². The minimum Gasteiger partial charge on any atom is -0.276 e. The van der Waals surface area contributed by atoms with Crippen LogP contribution in [-0.2, 0) is 9.59 Å². The molecule has 0 heterocycles. The molecule has 0 aliphatic carbocycles. The minimum atomic E-state index is -0.709. The van der Waals surface area contributed by atoms with E-state index in [2.05, 4.69) is 0 Å².